The molecule has 1 rings (SSSR count). The number of sulfonamides is 1. The Labute approximate surface area is 103 Å². The van der Waals surface area contributed by atoms with Crippen LogP contribution in [0.3, 0.4) is 0 Å². The van der Waals surface area contributed by atoms with Crippen LogP contribution in [0.2, 0.25) is 0 Å². The first-order chi connectivity index (χ1) is 7.89. The van der Waals surface area contributed by atoms with E-state index in [1.807, 2.05) is 0 Å². The maximum Gasteiger partial charge on any atom is 0.304 e. The van der Waals surface area contributed by atoms with Crippen LogP contribution in [0, 0.1) is 5.92 Å². The van der Waals surface area contributed by atoms with Crippen molar-refractivity contribution in [3.8, 4) is 0 Å². The zero-order chi connectivity index (χ0) is 12.9. The van der Waals surface area contributed by atoms with Crippen molar-refractivity contribution in [2.75, 3.05) is 5.75 Å². The molecule has 0 heterocycles. The number of nitrogens with one attached hydrogen (secondary N) is 1. The zero-order valence-electron chi connectivity index (χ0n) is 10.2. The minimum Gasteiger partial charge on any atom is -0.481 e. The summed E-state index contributed by atoms with van der Waals surface area (Å²) in [6, 6.07) is -0.0151. The van der Waals surface area contributed by atoms with Crippen LogP contribution < -0.4 is 4.72 Å². The van der Waals surface area contributed by atoms with E-state index in [-0.39, 0.29) is 18.2 Å². The van der Waals surface area contributed by atoms with Crippen molar-refractivity contribution >= 4 is 16.0 Å². The third kappa shape index (κ3) is 6.02. The Morgan fingerprint density at radius 3 is 2.65 bits per heavy atom. The minimum absolute atomic E-state index is 0.0151. The van der Waals surface area contributed by atoms with Crippen LogP contribution in [-0.2, 0) is 14.8 Å². The molecule has 1 aliphatic carbocycles. The Morgan fingerprint density at radius 2 is 2.00 bits per heavy atom. The predicted octanol–water partition coefficient (Wildman–Crippen LogP) is 1.35. The van der Waals surface area contributed by atoms with Crippen LogP contribution in [0.25, 0.3) is 0 Å². The molecule has 1 fully saturated rings. The van der Waals surface area contributed by atoms with Crippen molar-refractivity contribution < 1.29 is 18.3 Å². The monoisotopic (exact) mass is 263 g/mol. The molecule has 2 atom stereocenters. The SMILES string of the molecule is CC1CCCC(NS(=O)(=O)CCC(=O)O)CC1. The average Bonchev–Trinajstić information content (AvgIpc) is 2.41. The van der Waals surface area contributed by atoms with Crippen LogP contribution >= 0.6 is 0 Å². The standard InChI is InChI=1S/C11H21NO4S/c1-9-3-2-4-10(6-5-9)12-17(15,16)8-7-11(13)14/h9-10,12H,2-8H2,1H3,(H,13,14). The molecule has 0 aromatic heterocycles. The largest absolute Gasteiger partial charge is 0.481 e. The molecule has 5 nitrogen and oxygen atoms in total. The molecule has 6 heteroatoms. The maximum absolute atomic E-state index is 11.6. The fraction of sp³-hybridized carbons (Fsp3) is 0.909. The van der Waals surface area contributed by atoms with Crippen LogP contribution in [0.5, 0.6) is 0 Å². The van der Waals surface area contributed by atoms with E-state index in [1.165, 1.54) is 0 Å². The fourth-order valence-electron chi connectivity index (χ4n) is 2.14. The van der Waals surface area contributed by atoms with E-state index in [4.69, 9.17) is 5.11 Å². The summed E-state index contributed by atoms with van der Waals surface area (Å²) in [4.78, 5) is 10.3. The highest BCUT2D eigenvalue weighted by molar-refractivity contribution is 7.89. The molecule has 0 bridgehead atoms. The molecule has 1 saturated carbocycles. The molecule has 0 spiro atoms. The zero-order valence-corrected chi connectivity index (χ0v) is 11.0. The Hall–Kier alpha value is -0.620. The summed E-state index contributed by atoms with van der Waals surface area (Å²) in [5.74, 6) is -0.748. The summed E-state index contributed by atoms with van der Waals surface area (Å²) in [6.07, 6.45) is 4.59. The maximum atomic E-state index is 11.6. The van der Waals surface area contributed by atoms with Gasteiger partial charge in [-0.05, 0) is 25.2 Å². The number of carbonyl (C=O) groups is 1. The number of rotatable bonds is 5. The number of carboxylic acid groups (broad SMARTS) is 1. The Kier molecular flexibility index (Phi) is 5.39. The van der Waals surface area contributed by atoms with Gasteiger partial charge in [0.2, 0.25) is 10.0 Å². The van der Waals surface area contributed by atoms with E-state index in [9.17, 15) is 13.2 Å². The second-order valence-electron chi connectivity index (χ2n) is 4.89. The van der Waals surface area contributed by atoms with E-state index in [1.54, 1.807) is 0 Å². The van der Waals surface area contributed by atoms with E-state index in [0.29, 0.717) is 5.92 Å². The molecule has 1 aliphatic rings. The smallest absolute Gasteiger partial charge is 0.304 e. The topological polar surface area (TPSA) is 83.5 Å². The lowest BCUT2D eigenvalue weighted by Gasteiger charge is -2.16. The van der Waals surface area contributed by atoms with Gasteiger partial charge < -0.3 is 5.11 Å². The molecule has 0 aromatic rings. The Bertz CT molecular complexity index is 352. The summed E-state index contributed by atoms with van der Waals surface area (Å²) in [5.41, 5.74) is 0. The quantitative estimate of drug-likeness (QED) is 0.733. The van der Waals surface area contributed by atoms with Crippen molar-refractivity contribution in [1.29, 1.82) is 0 Å². The molecule has 0 amide bonds. The van der Waals surface area contributed by atoms with Gasteiger partial charge in [-0.2, -0.15) is 0 Å². The van der Waals surface area contributed by atoms with Gasteiger partial charge in [-0.3, -0.25) is 4.79 Å². The highest BCUT2D eigenvalue weighted by Gasteiger charge is 2.21. The minimum atomic E-state index is -3.44. The van der Waals surface area contributed by atoms with Gasteiger partial charge >= 0.3 is 5.97 Å². The summed E-state index contributed by atoms with van der Waals surface area (Å²) in [5, 5.41) is 8.47. The first-order valence-electron chi connectivity index (χ1n) is 6.11. The Balaban J connectivity index is 2.43. The van der Waals surface area contributed by atoms with Gasteiger partial charge in [0.15, 0.2) is 0 Å². The van der Waals surface area contributed by atoms with E-state index in [2.05, 4.69) is 11.6 Å². The normalized spacial score (nSPS) is 26.4. The van der Waals surface area contributed by atoms with E-state index in [0.717, 1.165) is 32.1 Å². The molecule has 0 aliphatic heterocycles. The van der Waals surface area contributed by atoms with E-state index >= 15 is 0 Å². The molecular weight excluding hydrogens is 242 g/mol. The number of carboxylic acids is 1. The molecule has 0 saturated heterocycles. The number of aliphatic carboxylic acids is 1. The summed E-state index contributed by atoms with van der Waals surface area (Å²) < 4.78 is 25.9. The molecule has 0 radical (unpaired) electrons. The van der Waals surface area contributed by atoms with Gasteiger partial charge in [-0.1, -0.05) is 19.8 Å². The lowest BCUT2D eigenvalue weighted by molar-refractivity contribution is -0.136. The lowest BCUT2D eigenvalue weighted by atomic mass is 10.0. The third-order valence-corrected chi connectivity index (χ3v) is 4.62. The van der Waals surface area contributed by atoms with Crippen LogP contribution in [0.4, 0.5) is 0 Å². The highest BCUT2D eigenvalue weighted by atomic mass is 32.2. The van der Waals surface area contributed by atoms with Gasteiger partial charge in [-0.25, -0.2) is 13.1 Å². The molecule has 2 N–H and O–H groups in total. The van der Waals surface area contributed by atoms with Crippen molar-refractivity contribution in [1.82, 2.24) is 4.72 Å². The number of hydrogen-bond donors (Lipinski definition) is 2. The number of hydrogen-bond acceptors (Lipinski definition) is 3. The molecule has 100 valence electrons. The summed E-state index contributed by atoms with van der Waals surface area (Å²) >= 11 is 0. The third-order valence-electron chi connectivity index (χ3n) is 3.19. The first kappa shape index (κ1) is 14.4. The lowest BCUT2D eigenvalue weighted by Crippen LogP contribution is -2.36. The fourth-order valence-corrected chi connectivity index (χ4v) is 3.44. The first-order valence-corrected chi connectivity index (χ1v) is 7.76. The van der Waals surface area contributed by atoms with Crippen LogP contribution in [0.1, 0.15) is 45.4 Å². The van der Waals surface area contributed by atoms with Gasteiger partial charge in [0.25, 0.3) is 0 Å². The van der Waals surface area contributed by atoms with Crippen molar-refractivity contribution in [2.24, 2.45) is 5.92 Å². The van der Waals surface area contributed by atoms with Crippen LogP contribution in [-0.4, -0.2) is 31.3 Å². The summed E-state index contributed by atoms with van der Waals surface area (Å²) in [6.45, 7) is 2.18. The van der Waals surface area contributed by atoms with Gasteiger partial charge in [0, 0.05) is 6.04 Å². The summed E-state index contributed by atoms with van der Waals surface area (Å²) in [7, 11) is -3.44. The predicted molar refractivity (Wildman–Crippen MR) is 65.2 cm³/mol. The molecule has 17 heavy (non-hydrogen) atoms. The van der Waals surface area contributed by atoms with Crippen molar-refractivity contribution in [3.63, 3.8) is 0 Å². The van der Waals surface area contributed by atoms with Gasteiger partial charge in [0.05, 0.1) is 12.2 Å². The van der Waals surface area contributed by atoms with E-state index < -0.39 is 16.0 Å². The molecule has 0 aromatic carbocycles. The molecule has 2 unspecified atom stereocenters. The van der Waals surface area contributed by atoms with Crippen LogP contribution in [0.15, 0.2) is 0 Å². The van der Waals surface area contributed by atoms with Gasteiger partial charge in [0.1, 0.15) is 0 Å². The van der Waals surface area contributed by atoms with Crippen molar-refractivity contribution in [2.45, 2.75) is 51.5 Å². The average molecular weight is 263 g/mol. The highest BCUT2D eigenvalue weighted by Crippen LogP contribution is 2.22. The second kappa shape index (κ2) is 6.35. The second-order valence-corrected chi connectivity index (χ2v) is 6.76. The Morgan fingerprint density at radius 1 is 1.29 bits per heavy atom. The molecular formula is C11H21NO4S. The van der Waals surface area contributed by atoms with Gasteiger partial charge in [-0.15, -0.1) is 0 Å². The van der Waals surface area contributed by atoms with Crippen molar-refractivity contribution in [3.05, 3.63) is 0 Å².